The highest BCUT2D eigenvalue weighted by atomic mass is 14.3. The van der Waals surface area contributed by atoms with Gasteiger partial charge in [-0.15, -0.1) is 0 Å². The number of rotatable bonds is 1. The molecule has 0 nitrogen and oxygen atoms in total. The van der Waals surface area contributed by atoms with Crippen LogP contribution in [0, 0.1) is 11.8 Å². The monoisotopic (exact) mass is 176 g/mol. The van der Waals surface area contributed by atoms with Gasteiger partial charge in [-0.25, -0.2) is 0 Å². The highest BCUT2D eigenvalue weighted by Gasteiger charge is 2.22. The van der Waals surface area contributed by atoms with Crippen molar-refractivity contribution in [2.45, 2.75) is 46.0 Å². The second-order valence-corrected chi connectivity index (χ2v) is 4.75. The van der Waals surface area contributed by atoms with Gasteiger partial charge in [0.05, 0.1) is 0 Å². The molecule has 0 saturated heterocycles. The summed E-state index contributed by atoms with van der Waals surface area (Å²) in [6.45, 7) is 4.65. The van der Waals surface area contributed by atoms with Crippen LogP contribution in [-0.4, -0.2) is 0 Å². The molecule has 0 aliphatic heterocycles. The fourth-order valence-corrected chi connectivity index (χ4v) is 2.58. The van der Waals surface area contributed by atoms with Crippen LogP contribution in [0.2, 0.25) is 0 Å². The second kappa shape index (κ2) is 3.69. The van der Waals surface area contributed by atoms with Crippen molar-refractivity contribution in [1.82, 2.24) is 0 Å². The number of hydrogen-bond acceptors (Lipinski definition) is 0. The lowest BCUT2D eigenvalue weighted by atomic mass is 9.75. The Hall–Kier alpha value is -0.520. The maximum atomic E-state index is 2.49. The molecule has 0 spiro atoms. The minimum Gasteiger partial charge on any atom is -0.0847 e. The maximum Gasteiger partial charge on any atom is -0.0133 e. The molecular formula is C13H20. The van der Waals surface area contributed by atoms with Crippen molar-refractivity contribution in [3.8, 4) is 0 Å². The summed E-state index contributed by atoms with van der Waals surface area (Å²) in [7, 11) is 0. The SMILES string of the molecule is CC(C)C1=CCC2=CCCCC2C1. The van der Waals surface area contributed by atoms with Crippen LogP contribution in [0.3, 0.4) is 0 Å². The molecule has 0 radical (unpaired) electrons. The van der Waals surface area contributed by atoms with Crippen molar-refractivity contribution in [2.75, 3.05) is 0 Å². The van der Waals surface area contributed by atoms with Crippen LogP contribution >= 0.6 is 0 Å². The molecule has 2 rings (SSSR count). The predicted octanol–water partition coefficient (Wildman–Crippen LogP) is 4.09. The Kier molecular flexibility index (Phi) is 2.57. The largest absolute Gasteiger partial charge is 0.0847 e. The van der Waals surface area contributed by atoms with E-state index in [9.17, 15) is 0 Å². The van der Waals surface area contributed by atoms with Crippen molar-refractivity contribution in [2.24, 2.45) is 11.8 Å². The molecule has 0 bridgehead atoms. The van der Waals surface area contributed by atoms with E-state index in [-0.39, 0.29) is 0 Å². The smallest absolute Gasteiger partial charge is 0.0133 e. The van der Waals surface area contributed by atoms with Crippen LogP contribution in [-0.2, 0) is 0 Å². The molecule has 2 aliphatic carbocycles. The highest BCUT2D eigenvalue weighted by molar-refractivity contribution is 5.24. The van der Waals surface area contributed by atoms with E-state index in [0.717, 1.165) is 11.8 Å². The Morgan fingerprint density at radius 3 is 2.92 bits per heavy atom. The summed E-state index contributed by atoms with van der Waals surface area (Å²) in [4.78, 5) is 0. The molecule has 0 N–H and O–H groups in total. The van der Waals surface area contributed by atoms with Crippen LogP contribution < -0.4 is 0 Å². The lowest BCUT2D eigenvalue weighted by Gasteiger charge is -2.30. The Bertz CT molecular complexity index is 243. The zero-order valence-corrected chi connectivity index (χ0v) is 8.84. The fourth-order valence-electron chi connectivity index (χ4n) is 2.58. The normalized spacial score (nSPS) is 28.1. The van der Waals surface area contributed by atoms with Gasteiger partial charge in [-0.1, -0.05) is 37.1 Å². The summed E-state index contributed by atoms with van der Waals surface area (Å²) in [5.41, 5.74) is 3.43. The average molecular weight is 176 g/mol. The first-order valence-corrected chi connectivity index (χ1v) is 5.65. The second-order valence-electron chi connectivity index (χ2n) is 4.75. The third-order valence-corrected chi connectivity index (χ3v) is 3.51. The number of allylic oxidation sites excluding steroid dienone is 4. The molecule has 1 atom stereocenters. The molecule has 0 aromatic rings. The lowest BCUT2D eigenvalue weighted by Crippen LogP contribution is -2.15. The van der Waals surface area contributed by atoms with E-state index < -0.39 is 0 Å². The summed E-state index contributed by atoms with van der Waals surface area (Å²) >= 11 is 0. The Morgan fingerprint density at radius 1 is 1.31 bits per heavy atom. The standard InChI is InChI=1S/C13H20/c1-10(2)12-8-7-11-5-3-4-6-13(11)9-12/h5,8,10,13H,3-4,6-7,9H2,1-2H3. The highest BCUT2D eigenvalue weighted by Crippen LogP contribution is 2.38. The van der Waals surface area contributed by atoms with Gasteiger partial charge < -0.3 is 0 Å². The van der Waals surface area contributed by atoms with Crippen molar-refractivity contribution >= 4 is 0 Å². The molecule has 0 heterocycles. The molecule has 72 valence electrons. The fraction of sp³-hybridized carbons (Fsp3) is 0.692. The van der Waals surface area contributed by atoms with E-state index in [1.165, 1.54) is 32.1 Å². The van der Waals surface area contributed by atoms with Gasteiger partial charge in [0, 0.05) is 0 Å². The van der Waals surface area contributed by atoms with Gasteiger partial charge in [-0.2, -0.15) is 0 Å². The number of hydrogen-bond donors (Lipinski definition) is 0. The van der Waals surface area contributed by atoms with Gasteiger partial charge >= 0.3 is 0 Å². The van der Waals surface area contributed by atoms with Gasteiger partial charge in [0.15, 0.2) is 0 Å². The summed E-state index contributed by atoms with van der Waals surface area (Å²) in [6.07, 6.45) is 11.7. The Morgan fingerprint density at radius 2 is 2.15 bits per heavy atom. The van der Waals surface area contributed by atoms with E-state index >= 15 is 0 Å². The maximum absolute atomic E-state index is 2.49. The lowest BCUT2D eigenvalue weighted by molar-refractivity contribution is 0.466. The molecule has 0 amide bonds. The van der Waals surface area contributed by atoms with Gasteiger partial charge in [-0.05, 0) is 43.9 Å². The molecule has 0 saturated carbocycles. The Labute approximate surface area is 81.7 Å². The van der Waals surface area contributed by atoms with Crippen LogP contribution in [0.15, 0.2) is 23.3 Å². The van der Waals surface area contributed by atoms with Gasteiger partial charge in [0.25, 0.3) is 0 Å². The summed E-state index contributed by atoms with van der Waals surface area (Å²) in [6, 6.07) is 0. The van der Waals surface area contributed by atoms with Crippen molar-refractivity contribution in [3.05, 3.63) is 23.3 Å². The van der Waals surface area contributed by atoms with Gasteiger partial charge in [0.1, 0.15) is 0 Å². The Balaban J connectivity index is 2.12. The molecular weight excluding hydrogens is 156 g/mol. The van der Waals surface area contributed by atoms with E-state index in [1.54, 1.807) is 11.1 Å². The molecule has 0 heteroatoms. The molecule has 0 aromatic carbocycles. The van der Waals surface area contributed by atoms with Crippen LogP contribution in [0.25, 0.3) is 0 Å². The number of fused-ring (bicyclic) bond motifs is 1. The van der Waals surface area contributed by atoms with E-state index in [4.69, 9.17) is 0 Å². The molecule has 13 heavy (non-hydrogen) atoms. The summed E-state index contributed by atoms with van der Waals surface area (Å²) < 4.78 is 0. The van der Waals surface area contributed by atoms with Crippen LogP contribution in [0.4, 0.5) is 0 Å². The van der Waals surface area contributed by atoms with Gasteiger partial charge in [0.2, 0.25) is 0 Å². The zero-order valence-electron chi connectivity index (χ0n) is 8.84. The summed E-state index contributed by atoms with van der Waals surface area (Å²) in [5, 5.41) is 0. The molecule has 0 fully saturated rings. The van der Waals surface area contributed by atoms with Crippen LogP contribution in [0.5, 0.6) is 0 Å². The van der Waals surface area contributed by atoms with Crippen molar-refractivity contribution in [3.63, 3.8) is 0 Å². The van der Waals surface area contributed by atoms with E-state index in [2.05, 4.69) is 26.0 Å². The molecule has 0 aromatic heterocycles. The average Bonchev–Trinajstić information content (AvgIpc) is 2.17. The first-order valence-electron chi connectivity index (χ1n) is 5.65. The van der Waals surface area contributed by atoms with E-state index in [1.807, 2.05) is 0 Å². The zero-order chi connectivity index (χ0) is 9.26. The van der Waals surface area contributed by atoms with E-state index in [0.29, 0.717) is 0 Å². The quantitative estimate of drug-likeness (QED) is 0.528. The first-order chi connectivity index (χ1) is 6.27. The summed E-state index contributed by atoms with van der Waals surface area (Å²) in [5.74, 6) is 1.68. The topological polar surface area (TPSA) is 0 Å². The molecule has 2 aliphatic rings. The third-order valence-electron chi connectivity index (χ3n) is 3.51. The first kappa shape index (κ1) is 9.05. The molecule has 1 unspecified atom stereocenters. The third kappa shape index (κ3) is 1.87. The minimum absolute atomic E-state index is 0.767. The van der Waals surface area contributed by atoms with Crippen molar-refractivity contribution < 1.29 is 0 Å². The predicted molar refractivity (Wildman–Crippen MR) is 57.6 cm³/mol. The minimum atomic E-state index is 0.767. The van der Waals surface area contributed by atoms with Crippen molar-refractivity contribution in [1.29, 1.82) is 0 Å². The van der Waals surface area contributed by atoms with Crippen LogP contribution in [0.1, 0.15) is 46.0 Å². The van der Waals surface area contributed by atoms with Gasteiger partial charge in [-0.3, -0.25) is 0 Å².